The molecule has 4 heterocycles. The number of likely N-dealkylation sites (tertiary alicyclic amines) is 1. The van der Waals surface area contributed by atoms with Crippen LogP contribution in [0.5, 0.6) is 0 Å². The van der Waals surface area contributed by atoms with Gasteiger partial charge < -0.3 is 20.5 Å². The van der Waals surface area contributed by atoms with Gasteiger partial charge in [-0.3, -0.25) is 0 Å². The first-order valence-corrected chi connectivity index (χ1v) is 9.85. The fraction of sp³-hybridized carbons (Fsp3) is 0.833. The largest absolute Gasteiger partial charge is 0.493 e. The van der Waals surface area contributed by atoms with Crippen molar-refractivity contribution in [3.8, 4) is 0 Å². The van der Waals surface area contributed by atoms with Crippen molar-refractivity contribution in [2.24, 2.45) is 10.9 Å². The molecule has 0 saturated carbocycles. The van der Waals surface area contributed by atoms with Crippen LogP contribution in [0.3, 0.4) is 0 Å². The second kappa shape index (κ2) is 7.61. The van der Waals surface area contributed by atoms with E-state index in [9.17, 15) is 5.11 Å². The van der Waals surface area contributed by atoms with Gasteiger partial charge in [0.25, 0.3) is 5.91 Å². The van der Waals surface area contributed by atoms with E-state index >= 15 is 0 Å². The van der Waals surface area contributed by atoms with E-state index in [0.717, 1.165) is 71.0 Å². The lowest BCUT2D eigenvalue weighted by Gasteiger charge is -2.52. The van der Waals surface area contributed by atoms with Crippen LogP contribution in [0, 0.1) is 5.92 Å². The average molecular weight is 349 g/mol. The lowest BCUT2D eigenvalue weighted by Crippen LogP contribution is -2.71. The number of ether oxygens (including phenoxy) is 1. The molecule has 7 nitrogen and oxygen atoms in total. The van der Waals surface area contributed by atoms with Crippen molar-refractivity contribution in [3.63, 3.8) is 0 Å². The number of piperidine rings is 2. The summed E-state index contributed by atoms with van der Waals surface area (Å²) < 4.78 is 5.57. The van der Waals surface area contributed by atoms with Crippen LogP contribution in [0.15, 0.2) is 16.8 Å². The van der Waals surface area contributed by atoms with Crippen LogP contribution in [0.25, 0.3) is 0 Å². The summed E-state index contributed by atoms with van der Waals surface area (Å²) in [6.45, 7) is 7.21. The van der Waals surface area contributed by atoms with Crippen molar-refractivity contribution in [2.45, 2.75) is 38.0 Å². The first-order chi connectivity index (χ1) is 12.3. The number of aliphatic imine (C=N–C) groups is 1. The molecule has 25 heavy (non-hydrogen) atoms. The molecule has 0 radical (unpaired) electrons. The smallest absolute Gasteiger partial charge is 0.253 e. The van der Waals surface area contributed by atoms with E-state index in [1.165, 1.54) is 19.3 Å². The van der Waals surface area contributed by atoms with Crippen molar-refractivity contribution >= 4 is 5.90 Å². The van der Waals surface area contributed by atoms with Crippen molar-refractivity contribution in [1.82, 2.24) is 20.4 Å². The Balaban J connectivity index is 1.63. The Morgan fingerprint density at radius 1 is 1.04 bits per heavy atom. The lowest BCUT2D eigenvalue weighted by molar-refractivity contribution is -0.120. The number of hydrogen-bond acceptors (Lipinski definition) is 6. The molecular weight excluding hydrogens is 318 g/mol. The summed E-state index contributed by atoms with van der Waals surface area (Å²) in [5.74, 6) is -0.0306. The maximum atomic E-state index is 10.5. The minimum Gasteiger partial charge on any atom is -0.493 e. The molecule has 0 amide bonds. The Hall–Kier alpha value is -1.15. The van der Waals surface area contributed by atoms with Gasteiger partial charge in [-0.15, -0.1) is 0 Å². The third kappa shape index (κ3) is 3.56. The van der Waals surface area contributed by atoms with E-state index in [1.807, 2.05) is 6.08 Å². The van der Waals surface area contributed by atoms with Crippen LogP contribution >= 0.6 is 0 Å². The molecule has 4 aliphatic rings. The molecule has 3 N–H and O–H groups in total. The van der Waals surface area contributed by atoms with Crippen LogP contribution in [0.1, 0.15) is 32.1 Å². The van der Waals surface area contributed by atoms with Crippen molar-refractivity contribution in [1.29, 1.82) is 0 Å². The van der Waals surface area contributed by atoms with Crippen LogP contribution < -0.4 is 10.6 Å². The van der Waals surface area contributed by atoms with Gasteiger partial charge in [0.15, 0.2) is 0 Å². The number of nitrogens with zero attached hydrogens (tertiary/aromatic N) is 3. The minimum absolute atomic E-state index is 0.157. The number of allylic oxidation sites excluding steroid dienone is 1. The van der Waals surface area contributed by atoms with Crippen LogP contribution in [-0.2, 0) is 4.74 Å². The molecule has 1 atom stereocenters. The molecule has 0 aromatic carbocycles. The molecule has 4 rings (SSSR count). The molecule has 0 aromatic rings. The summed E-state index contributed by atoms with van der Waals surface area (Å²) in [5, 5.41) is 17.8. The van der Waals surface area contributed by atoms with Crippen LogP contribution in [0.4, 0.5) is 0 Å². The fourth-order valence-electron chi connectivity index (χ4n) is 4.52. The van der Waals surface area contributed by atoms with E-state index < -0.39 is 5.91 Å². The van der Waals surface area contributed by atoms with Gasteiger partial charge in [-0.2, -0.15) is 4.99 Å². The summed E-state index contributed by atoms with van der Waals surface area (Å²) in [6.07, 6.45) is 7.71. The topological polar surface area (TPSA) is 72.4 Å². The Morgan fingerprint density at radius 2 is 1.72 bits per heavy atom. The van der Waals surface area contributed by atoms with Gasteiger partial charge in [0.05, 0.1) is 13.2 Å². The Kier molecular flexibility index (Phi) is 5.26. The molecular formula is C18H31N5O2. The number of aliphatic hydroxyl groups excluding tert-OH is 1. The number of nitrogens with one attached hydrogen (secondary N) is 2. The molecule has 7 heteroatoms. The van der Waals surface area contributed by atoms with Gasteiger partial charge in [0.2, 0.25) is 5.90 Å². The van der Waals surface area contributed by atoms with E-state index in [2.05, 4.69) is 20.4 Å². The number of hydrogen-bond donors (Lipinski definition) is 3. The average Bonchev–Trinajstić information content (AvgIpc) is 2.69. The third-order valence-corrected chi connectivity index (χ3v) is 5.90. The van der Waals surface area contributed by atoms with Crippen molar-refractivity contribution < 1.29 is 9.84 Å². The number of morpholine rings is 1. The van der Waals surface area contributed by atoms with E-state index in [4.69, 9.17) is 9.73 Å². The van der Waals surface area contributed by atoms with E-state index in [0.29, 0.717) is 5.92 Å². The molecule has 0 aliphatic carbocycles. The predicted molar refractivity (Wildman–Crippen MR) is 97.4 cm³/mol. The van der Waals surface area contributed by atoms with Crippen LogP contribution in [-0.4, -0.2) is 79.2 Å². The van der Waals surface area contributed by atoms with E-state index in [1.54, 1.807) is 0 Å². The summed E-state index contributed by atoms with van der Waals surface area (Å²) in [4.78, 5) is 9.55. The lowest BCUT2D eigenvalue weighted by atomic mass is 9.93. The minimum atomic E-state index is -0.650. The zero-order valence-corrected chi connectivity index (χ0v) is 15.0. The summed E-state index contributed by atoms with van der Waals surface area (Å²) in [7, 11) is 0. The zero-order valence-electron chi connectivity index (χ0n) is 15.0. The molecule has 3 fully saturated rings. The summed E-state index contributed by atoms with van der Waals surface area (Å²) in [5.41, 5.74) is 1.14. The van der Waals surface area contributed by atoms with Gasteiger partial charge in [-0.25, -0.2) is 9.80 Å². The van der Waals surface area contributed by atoms with Gasteiger partial charge in [0, 0.05) is 43.9 Å². The molecule has 0 aromatic heterocycles. The van der Waals surface area contributed by atoms with Gasteiger partial charge >= 0.3 is 0 Å². The monoisotopic (exact) mass is 349 g/mol. The molecule has 0 spiro atoms. The van der Waals surface area contributed by atoms with E-state index in [-0.39, 0.29) is 5.90 Å². The molecule has 140 valence electrons. The Labute approximate surface area is 150 Å². The Morgan fingerprint density at radius 3 is 2.44 bits per heavy atom. The number of rotatable bonds is 3. The maximum absolute atomic E-state index is 10.5. The summed E-state index contributed by atoms with van der Waals surface area (Å²) >= 11 is 0. The second-order valence-electron chi connectivity index (χ2n) is 7.50. The molecule has 4 aliphatic heterocycles. The normalized spacial score (nSPS) is 33.4. The maximum Gasteiger partial charge on any atom is 0.253 e. The number of aliphatic hydroxyl groups is 1. The standard InChI is InChI=1S/C18H31N5O2/c24-17-14-16(15-4-6-19-7-5-15)20-18(21-17,22-8-2-1-3-9-22)23-10-12-25-13-11-23/h14-15,19-20H,1-13H2,(H,21,24). The van der Waals surface area contributed by atoms with Gasteiger partial charge in [-0.1, -0.05) is 6.42 Å². The van der Waals surface area contributed by atoms with Crippen molar-refractivity contribution in [3.05, 3.63) is 11.8 Å². The molecule has 0 bridgehead atoms. The fourth-order valence-corrected chi connectivity index (χ4v) is 4.52. The highest BCUT2D eigenvalue weighted by atomic mass is 16.5. The van der Waals surface area contributed by atoms with Crippen LogP contribution in [0.2, 0.25) is 0 Å². The first kappa shape index (κ1) is 17.3. The van der Waals surface area contributed by atoms with Crippen molar-refractivity contribution in [2.75, 3.05) is 52.5 Å². The second-order valence-corrected chi connectivity index (χ2v) is 7.50. The highest BCUT2D eigenvalue weighted by Gasteiger charge is 2.46. The third-order valence-electron chi connectivity index (χ3n) is 5.90. The molecule has 3 saturated heterocycles. The van der Waals surface area contributed by atoms with Gasteiger partial charge in [0.1, 0.15) is 0 Å². The first-order valence-electron chi connectivity index (χ1n) is 9.85. The highest BCUT2D eigenvalue weighted by molar-refractivity contribution is 5.87. The quantitative estimate of drug-likeness (QED) is 0.702. The predicted octanol–water partition coefficient (Wildman–Crippen LogP) is 0.859. The van der Waals surface area contributed by atoms with Gasteiger partial charge in [-0.05, 0) is 38.8 Å². The Bertz CT molecular complexity index is 500. The highest BCUT2D eigenvalue weighted by Crippen LogP contribution is 2.32. The molecule has 1 unspecified atom stereocenters. The zero-order chi connectivity index (χ0) is 17.1. The SMILES string of the molecule is OC1=NC(N2CCCCC2)(N2CCOCC2)NC(C2CCNCC2)=C1. The summed E-state index contributed by atoms with van der Waals surface area (Å²) in [6, 6.07) is 0.